The molecule has 0 spiro atoms. The van der Waals surface area contributed by atoms with Crippen LogP contribution in [0.3, 0.4) is 0 Å². The zero-order valence-corrected chi connectivity index (χ0v) is 10.6. The van der Waals surface area contributed by atoms with Gasteiger partial charge in [-0.3, -0.25) is 4.40 Å². The number of hydrogen-bond acceptors (Lipinski definition) is 3. The van der Waals surface area contributed by atoms with Gasteiger partial charge in [0.25, 0.3) is 0 Å². The van der Waals surface area contributed by atoms with Gasteiger partial charge in [-0.25, -0.2) is 9.59 Å². The number of aliphatic carboxylic acids is 1. The van der Waals surface area contributed by atoms with Crippen LogP contribution in [0.25, 0.3) is 5.52 Å². The number of unbranched alkanes of at least 4 members (excludes halogenated alkanes) is 1. The summed E-state index contributed by atoms with van der Waals surface area (Å²) in [5.74, 6) is -2.55. The van der Waals surface area contributed by atoms with Crippen LogP contribution < -0.4 is 4.74 Å². The minimum atomic E-state index is -1.59. The lowest BCUT2D eigenvalue weighted by Gasteiger charge is -2.05. The highest BCUT2D eigenvalue weighted by Gasteiger charge is 2.19. The van der Waals surface area contributed by atoms with Gasteiger partial charge in [0.1, 0.15) is 0 Å². The van der Waals surface area contributed by atoms with Crippen LogP contribution in [-0.4, -0.2) is 21.4 Å². The number of fused-ring (bicyclic) bond motifs is 1. The molecule has 2 rings (SSSR count). The van der Waals surface area contributed by atoms with E-state index in [1.165, 1.54) is 0 Å². The van der Waals surface area contributed by atoms with Crippen molar-refractivity contribution in [2.45, 2.75) is 26.2 Å². The smallest absolute Gasteiger partial charge is 0.423 e. The first kappa shape index (κ1) is 13.1. The molecule has 2 aromatic heterocycles. The molecule has 0 amide bonds. The first-order valence-electron chi connectivity index (χ1n) is 6.17. The Balaban J connectivity index is 2.41. The topological polar surface area (TPSA) is 68.0 Å². The van der Waals surface area contributed by atoms with Crippen LogP contribution in [0.5, 0.6) is 5.88 Å². The summed E-state index contributed by atoms with van der Waals surface area (Å²) in [6.45, 7) is 2.07. The Labute approximate surface area is 110 Å². The number of ether oxygens (including phenoxy) is 1. The predicted molar refractivity (Wildman–Crippen MR) is 69.3 cm³/mol. The highest BCUT2D eigenvalue weighted by atomic mass is 16.6. The molecule has 5 heteroatoms. The summed E-state index contributed by atoms with van der Waals surface area (Å²) in [4.78, 5) is 21.8. The highest BCUT2D eigenvalue weighted by molar-refractivity contribution is 6.29. The molecule has 100 valence electrons. The fraction of sp³-hybridized carbons (Fsp3) is 0.286. The first-order chi connectivity index (χ1) is 9.13. The molecule has 0 saturated heterocycles. The average Bonchev–Trinajstić information content (AvgIpc) is 2.74. The molecule has 5 nitrogen and oxygen atoms in total. The SMILES string of the molecule is CCCCc1cc2ccccn2c1OC(=O)C(=O)O. The van der Waals surface area contributed by atoms with E-state index < -0.39 is 11.9 Å². The van der Waals surface area contributed by atoms with E-state index in [9.17, 15) is 9.59 Å². The number of aromatic nitrogens is 1. The van der Waals surface area contributed by atoms with Crippen LogP contribution in [0.4, 0.5) is 0 Å². The number of carbonyl (C=O) groups excluding carboxylic acids is 1. The molecule has 0 unspecified atom stereocenters. The van der Waals surface area contributed by atoms with Gasteiger partial charge in [-0.05, 0) is 31.0 Å². The molecule has 0 aliphatic rings. The van der Waals surface area contributed by atoms with E-state index in [2.05, 4.69) is 6.92 Å². The molecule has 0 aliphatic carbocycles. The van der Waals surface area contributed by atoms with Gasteiger partial charge in [0.2, 0.25) is 5.88 Å². The second-order valence-electron chi connectivity index (χ2n) is 4.27. The third-order valence-electron chi connectivity index (χ3n) is 2.87. The second kappa shape index (κ2) is 5.56. The molecule has 0 bridgehead atoms. The predicted octanol–water partition coefficient (Wildman–Crippen LogP) is 2.27. The second-order valence-corrected chi connectivity index (χ2v) is 4.27. The van der Waals surface area contributed by atoms with Gasteiger partial charge >= 0.3 is 11.9 Å². The normalized spacial score (nSPS) is 10.6. The summed E-state index contributed by atoms with van der Waals surface area (Å²) >= 11 is 0. The van der Waals surface area contributed by atoms with E-state index in [1.807, 2.05) is 18.2 Å². The fourth-order valence-electron chi connectivity index (χ4n) is 1.95. The molecule has 0 aromatic carbocycles. The third-order valence-corrected chi connectivity index (χ3v) is 2.87. The van der Waals surface area contributed by atoms with Gasteiger partial charge in [0, 0.05) is 17.3 Å². The number of rotatable bonds is 4. The van der Waals surface area contributed by atoms with E-state index in [-0.39, 0.29) is 0 Å². The van der Waals surface area contributed by atoms with Crippen molar-refractivity contribution in [2.24, 2.45) is 0 Å². The lowest BCUT2D eigenvalue weighted by Crippen LogP contribution is -2.20. The Bertz CT molecular complexity index is 615. The van der Waals surface area contributed by atoms with Crippen molar-refractivity contribution in [3.8, 4) is 5.88 Å². The molecule has 19 heavy (non-hydrogen) atoms. The number of pyridine rings is 1. The molecular weight excluding hydrogens is 246 g/mol. The van der Waals surface area contributed by atoms with Crippen molar-refractivity contribution in [3.05, 3.63) is 36.0 Å². The molecule has 0 saturated carbocycles. The Morgan fingerprint density at radius 2 is 2.16 bits per heavy atom. The molecule has 0 atom stereocenters. The Kier molecular flexibility index (Phi) is 3.85. The van der Waals surface area contributed by atoms with E-state index in [0.29, 0.717) is 5.88 Å². The third kappa shape index (κ3) is 2.76. The molecule has 1 N–H and O–H groups in total. The van der Waals surface area contributed by atoms with E-state index in [1.54, 1.807) is 16.7 Å². The summed E-state index contributed by atoms with van der Waals surface area (Å²) in [7, 11) is 0. The van der Waals surface area contributed by atoms with Crippen molar-refractivity contribution in [2.75, 3.05) is 0 Å². The maximum absolute atomic E-state index is 11.2. The zero-order chi connectivity index (χ0) is 13.8. The van der Waals surface area contributed by atoms with Gasteiger partial charge in [-0.1, -0.05) is 19.4 Å². The fourth-order valence-corrected chi connectivity index (χ4v) is 1.95. The van der Waals surface area contributed by atoms with Crippen molar-refractivity contribution in [1.29, 1.82) is 0 Å². The summed E-state index contributed by atoms with van der Waals surface area (Å²) in [6.07, 6.45) is 4.46. The Hall–Kier alpha value is -2.30. The van der Waals surface area contributed by atoms with E-state index in [0.717, 1.165) is 30.3 Å². The molecule has 0 aliphatic heterocycles. The maximum atomic E-state index is 11.2. The standard InChI is InChI=1S/C14H15NO4/c1-2-3-6-10-9-11-7-4-5-8-15(11)12(10)19-14(18)13(16)17/h4-5,7-9H,2-3,6H2,1H3,(H,16,17). The van der Waals surface area contributed by atoms with Crippen LogP contribution in [0.15, 0.2) is 30.5 Å². The van der Waals surface area contributed by atoms with E-state index >= 15 is 0 Å². The van der Waals surface area contributed by atoms with Crippen LogP contribution in [-0.2, 0) is 16.0 Å². The van der Waals surface area contributed by atoms with Gasteiger partial charge in [-0.15, -0.1) is 0 Å². The van der Waals surface area contributed by atoms with Gasteiger partial charge in [-0.2, -0.15) is 0 Å². The van der Waals surface area contributed by atoms with Gasteiger partial charge in [0.05, 0.1) is 0 Å². The maximum Gasteiger partial charge on any atom is 0.423 e. The number of carboxylic acid groups (broad SMARTS) is 1. The Morgan fingerprint density at radius 1 is 1.37 bits per heavy atom. The minimum absolute atomic E-state index is 0.302. The first-order valence-corrected chi connectivity index (χ1v) is 6.17. The van der Waals surface area contributed by atoms with Crippen LogP contribution in [0, 0.1) is 0 Å². The summed E-state index contributed by atoms with van der Waals surface area (Å²) in [5.41, 5.74) is 1.73. The number of aryl methyl sites for hydroxylation is 1. The molecule has 0 radical (unpaired) electrons. The van der Waals surface area contributed by atoms with Gasteiger partial charge in [0.15, 0.2) is 0 Å². The number of nitrogens with zero attached hydrogens (tertiary/aromatic N) is 1. The quantitative estimate of drug-likeness (QED) is 0.677. The highest BCUT2D eigenvalue weighted by Crippen LogP contribution is 2.26. The summed E-state index contributed by atoms with van der Waals surface area (Å²) in [6, 6.07) is 7.48. The number of carbonyl (C=O) groups is 2. The van der Waals surface area contributed by atoms with Crippen molar-refractivity contribution in [3.63, 3.8) is 0 Å². The average molecular weight is 261 g/mol. The van der Waals surface area contributed by atoms with Crippen molar-refractivity contribution < 1.29 is 19.4 Å². The molecule has 2 aromatic rings. The number of hydrogen-bond donors (Lipinski definition) is 1. The lowest BCUT2D eigenvalue weighted by molar-refractivity contribution is -0.158. The molecule has 2 heterocycles. The van der Waals surface area contributed by atoms with Crippen LogP contribution >= 0.6 is 0 Å². The largest absolute Gasteiger partial charge is 0.473 e. The number of carboxylic acids is 1. The van der Waals surface area contributed by atoms with Crippen molar-refractivity contribution >= 4 is 17.5 Å². The van der Waals surface area contributed by atoms with Crippen molar-refractivity contribution in [1.82, 2.24) is 4.40 Å². The summed E-state index contributed by atoms with van der Waals surface area (Å²) < 4.78 is 6.67. The summed E-state index contributed by atoms with van der Waals surface area (Å²) in [5, 5.41) is 8.64. The monoisotopic (exact) mass is 261 g/mol. The van der Waals surface area contributed by atoms with Crippen LogP contribution in [0.2, 0.25) is 0 Å². The molecule has 0 fully saturated rings. The lowest BCUT2D eigenvalue weighted by atomic mass is 10.1. The van der Waals surface area contributed by atoms with Gasteiger partial charge < -0.3 is 9.84 Å². The van der Waals surface area contributed by atoms with E-state index in [4.69, 9.17) is 9.84 Å². The number of esters is 1. The van der Waals surface area contributed by atoms with Crippen LogP contribution in [0.1, 0.15) is 25.3 Å². The minimum Gasteiger partial charge on any atom is -0.473 e. The molecular formula is C14H15NO4. The zero-order valence-electron chi connectivity index (χ0n) is 10.6. The Morgan fingerprint density at radius 3 is 2.84 bits per heavy atom.